The maximum absolute atomic E-state index is 14.2. The van der Waals surface area contributed by atoms with Crippen molar-refractivity contribution in [3.8, 4) is 0 Å². The van der Waals surface area contributed by atoms with Gasteiger partial charge in [-0.15, -0.1) is 0 Å². The van der Waals surface area contributed by atoms with Crippen molar-refractivity contribution in [1.82, 2.24) is 20.4 Å². The smallest absolute Gasteiger partial charge is 0.444 e. The molecule has 3 aliphatic rings. The SMILES string of the molecule is O=C1N[C@H](B(O)O)CCCCCCCCC[C@H](NCc2ccccc2Cl)C(=O)N2C[C@H](OC(=O)N3Cc4ccccc4C3)C[C@@H]12. The van der Waals surface area contributed by atoms with Crippen molar-refractivity contribution >= 4 is 36.6 Å². The van der Waals surface area contributed by atoms with Crippen LogP contribution in [-0.4, -0.2) is 75.5 Å². The van der Waals surface area contributed by atoms with E-state index in [0.29, 0.717) is 37.5 Å². The molecule has 2 saturated heterocycles. The third-order valence-electron chi connectivity index (χ3n) is 9.21. The lowest BCUT2D eigenvalue weighted by Crippen LogP contribution is -2.56. The first-order valence-electron chi connectivity index (χ1n) is 16.3. The number of hydrogen-bond acceptors (Lipinski definition) is 7. The van der Waals surface area contributed by atoms with Crippen LogP contribution in [0.5, 0.6) is 0 Å². The van der Waals surface area contributed by atoms with Crippen LogP contribution in [0.1, 0.15) is 80.9 Å². The van der Waals surface area contributed by atoms with Crippen LogP contribution in [-0.2, 0) is 34.0 Å². The summed E-state index contributed by atoms with van der Waals surface area (Å²) >= 11 is 6.40. The maximum Gasteiger partial charge on any atom is 0.475 e. The average Bonchev–Trinajstić information content (AvgIpc) is 3.66. The molecule has 242 valence electrons. The molecule has 0 radical (unpaired) electrons. The van der Waals surface area contributed by atoms with Gasteiger partial charge in [-0.3, -0.25) is 14.5 Å². The van der Waals surface area contributed by atoms with E-state index >= 15 is 0 Å². The highest BCUT2D eigenvalue weighted by Gasteiger charge is 2.44. The van der Waals surface area contributed by atoms with Gasteiger partial charge in [0.25, 0.3) is 0 Å². The van der Waals surface area contributed by atoms with Gasteiger partial charge in [-0.2, -0.15) is 0 Å². The van der Waals surface area contributed by atoms with Crippen LogP contribution in [0.4, 0.5) is 4.79 Å². The van der Waals surface area contributed by atoms with Gasteiger partial charge < -0.3 is 30.3 Å². The van der Waals surface area contributed by atoms with E-state index in [0.717, 1.165) is 61.6 Å². The fourth-order valence-electron chi connectivity index (χ4n) is 6.61. The van der Waals surface area contributed by atoms with Crippen LogP contribution >= 0.6 is 11.6 Å². The zero-order valence-corrected chi connectivity index (χ0v) is 26.5. The summed E-state index contributed by atoms with van der Waals surface area (Å²) in [5.41, 5.74) is 3.01. The summed E-state index contributed by atoms with van der Waals surface area (Å²) in [6.45, 7) is 1.34. The Kier molecular flexibility index (Phi) is 11.8. The largest absolute Gasteiger partial charge is 0.475 e. The number of fused-ring (bicyclic) bond motifs is 2. The predicted octanol–water partition coefficient (Wildman–Crippen LogP) is 3.94. The van der Waals surface area contributed by atoms with Crippen molar-refractivity contribution in [1.29, 1.82) is 0 Å². The minimum absolute atomic E-state index is 0.0695. The van der Waals surface area contributed by atoms with Crippen LogP contribution in [0.25, 0.3) is 0 Å². The Morgan fingerprint density at radius 2 is 1.56 bits per heavy atom. The second kappa shape index (κ2) is 15.9. The summed E-state index contributed by atoms with van der Waals surface area (Å²) in [5, 5.41) is 26.9. The molecule has 3 heterocycles. The third-order valence-corrected chi connectivity index (χ3v) is 9.57. The third kappa shape index (κ3) is 8.79. The van der Waals surface area contributed by atoms with Gasteiger partial charge >= 0.3 is 13.2 Å². The lowest BCUT2D eigenvalue weighted by atomic mass is 9.76. The van der Waals surface area contributed by atoms with Crippen molar-refractivity contribution in [2.45, 2.75) is 108 Å². The number of rotatable bonds is 5. The zero-order chi connectivity index (χ0) is 31.8. The van der Waals surface area contributed by atoms with Crippen molar-refractivity contribution in [2.24, 2.45) is 0 Å². The van der Waals surface area contributed by atoms with E-state index in [1.807, 2.05) is 48.5 Å². The standard InChI is InChI=1S/C33H44BClN4O6/c35-27-15-11-10-12-23(27)19-36-28-16-6-4-2-1-3-5-7-17-30(34(43)44)37-31(40)29-18-26(22-39(29)32(28)41)45-33(42)38-20-24-13-8-9-14-25(24)21-38/h8-15,26,28-30,36,43-44H,1-7,16-22H2,(H,37,40)/t26-,28+,29+,30+/m1/s1. The Labute approximate surface area is 270 Å². The quantitative estimate of drug-likeness (QED) is 0.365. The van der Waals surface area contributed by atoms with Gasteiger partial charge in [-0.05, 0) is 35.6 Å². The van der Waals surface area contributed by atoms with E-state index < -0.39 is 43.2 Å². The molecule has 10 nitrogen and oxygen atoms in total. The van der Waals surface area contributed by atoms with Gasteiger partial charge in [0.2, 0.25) is 11.8 Å². The van der Waals surface area contributed by atoms with Gasteiger partial charge in [-0.1, -0.05) is 99.0 Å². The van der Waals surface area contributed by atoms with Crippen molar-refractivity contribution < 1.29 is 29.2 Å². The molecule has 0 aliphatic carbocycles. The molecule has 3 aliphatic heterocycles. The Morgan fingerprint density at radius 3 is 2.22 bits per heavy atom. The Bertz CT molecular complexity index is 1310. The van der Waals surface area contributed by atoms with Gasteiger partial charge in [0, 0.05) is 31.1 Å². The normalized spacial score (nSPS) is 25.0. The number of nitrogens with zero attached hydrogens (tertiary/aromatic N) is 2. The summed E-state index contributed by atoms with van der Waals surface area (Å²) in [6.07, 6.45) is 6.62. The number of benzene rings is 2. The van der Waals surface area contributed by atoms with Gasteiger partial charge in [0.1, 0.15) is 12.1 Å². The van der Waals surface area contributed by atoms with E-state index in [4.69, 9.17) is 16.3 Å². The molecule has 45 heavy (non-hydrogen) atoms. The Balaban J connectivity index is 1.34. The fraction of sp³-hybridized carbons (Fsp3) is 0.545. The predicted molar refractivity (Wildman–Crippen MR) is 172 cm³/mol. The zero-order valence-electron chi connectivity index (χ0n) is 25.7. The topological polar surface area (TPSA) is 131 Å². The monoisotopic (exact) mass is 638 g/mol. The van der Waals surface area contributed by atoms with Crippen molar-refractivity contribution in [3.05, 3.63) is 70.2 Å². The number of carbonyl (C=O) groups excluding carboxylic acids is 3. The van der Waals surface area contributed by atoms with Crippen LogP contribution in [0.15, 0.2) is 48.5 Å². The first kappa shape index (κ1) is 33.3. The number of hydrogen-bond donors (Lipinski definition) is 4. The highest BCUT2D eigenvalue weighted by atomic mass is 35.5. The maximum atomic E-state index is 14.2. The van der Waals surface area contributed by atoms with Crippen LogP contribution in [0.3, 0.4) is 0 Å². The summed E-state index contributed by atoms with van der Waals surface area (Å²) < 4.78 is 5.91. The van der Waals surface area contributed by atoms with Crippen molar-refractivity contribution in [3.63, 3.8) is 0 Å². The fourth-order valence-corrected chi connectivity index (χ4v) is 6.82. The number of halogens is 1. The summed E-state index contributed by atoms with van der Waals surface area (Å²) in [5.74, 6) is -1.59. The van der Waals surface area contributed by atoms with E-state index in [9.17, 15) is 24.4 Å². The Hall–Kier alpha value is -3.12. The van der Waals surface area contributed by atoms with Crippen LogP contribution in [0, 0.1) is 0 Å². The first-order valence-corrected chi connectivity index (χ1v) is 16.6. The molecule has 5 rings (SSSR count). The molecule has 2 fully saturated rings. The molecule has 0 unspecified atom stereocenters. The highest BCUT2D eigenvalue weighted by Crippen LogP contribution is 2.28. The molecule has 2 aromatic carbocycles. The van der Waals surface area contributed by atoms with E-state index in [1.165, 1.54) is 4.90 Å². The van der Waals surface area contributed by atoms with E-state index in [1.54, 1.807) is 4.90 Å². The van der Waals surface area contributed by atoms with E-state index in [-0.39, 0.29) is 18.9 Å². The number of carbonyl (C=O) groups is 3. The minimum Gasteiger partial charge on any atom is -0.444 e. The molecular formula is C33H44BClN4O6. The van der Waals surface area contributed by atoms with Gasteiger partial charge in [-0.25, -0.2) is 4.79 Å². The Morgan fingerprint density at radius 1 is 0.933 bits per heavy atom. The van der Waals surface area contributed by atoms with Crippen molar-refractivity contribution in [2.75, 3.05) is 6.54 Å². The lowest BCUT2D eigenvalue weighted by Gasteiger charge is -2.30. The van der Waals surface area contributed by atoms with E-state index in [2.05, 4.69) is 10.6 Å². The second-order valence-electron chi connectivity index (χ2n) is 12.5. The van der Waals surface area contributed by atoms with Crippen LogP contribution in [0.2, 0.25) is 5.02 Å². The minimum atomic E-state index is -1.73. The second-order valence-corrected chi connectivity index (χ2v) is 12.9. The average molecular weight is 639 g/mol. The molecule has 2 aromatic rings. The number of amides is 3. The molecule has 0 spiro atoms. The highest BCUT2D eigenvalue weighted by molar-refractivity contribution is 6.43. The number of ether oxygens (including phenoxy) is 1. The molecular weight excluding hydrogens is 595 g/mol. The summed E-state index contributed by atoms with van der Waals surface area (Å²) in [6, 6.07) is 13.8. The molecule has 4 atom stereocenters. The molecule has 12 heteroatoms. The first-order chi connectivity index (χ1) is 21.8. The summed E-state index contributed by atoms with van der Waals surface area (Å²) in [4.78, 5) is 44.3. The molecule has 0 saturated carbocycles. The number of nitrogens with one attached hydrogen (secondary N) is 2. The van der Waals surface area contributed by atoms with Gasteiger partial charge in [0.15, 0.2) is 0 Å². The molecule has 0 aromatic heterocycles. The van der Waals surface area contributed by atoms with Gasteiger partial charge in [0.05, 0.1) is 18.5 Å². The van der Waals surface area contributed by atoms with Crippen LogP contribution < -0.4 is 10.6 Å². The molecule has 3 amide bonds. The lowest BCUT2D eigenvalue weighted by molar-refractivity contribution is -0.140. The summed E-state index contributed by atoms with van der Waals surface area (Å²) in [7, 11) is -1.73. The molecule has 0 bridgehead atoms. The molecule has 4 N–H and O–H groups in total.